The maximum absolute atomic E-state index is 12.9. The summed E-state index contributed by atoms with van der Waals surface area (Å²) in [5.41, 5.74) is 1.82. The smallest absolute Gasteiger partial charge is 0.330 e. The van der Waals surface area contributed by atoms with Crippen LogP contribution in [0.3, 0.4) is 0 Å². The van der Waals surface area contributed by atoms with Gasteiger partial charge in [0.15, 0.2) is 11.5 Å². The summed E-state index contributed by atoms with van der Waals surface area (Å²) in [5, 5.41) is 9.94. The Morgan fingerprint density at radius 2 is 1.75 bits per heavy atom. The molecule has 1 N–H and O–H groups in total. The number of phenolic OH excluding ortho intramolecular Hbond substituents is 1. The van der Waals surface area contributed by atoms with Crippen LogP contribution in [-0.2, 0) is 19.1 Å². The lowest BCUT2D eigenvalue weighted by atomic mass is 9.90. The molecule has 170 valence electrons. The van der Waals surface area contributed by atoms with E-state index in [4.69, 9.17) is 23.7 Å². The van der Waals surface area contributed by atoms with Gasteiger partial charge in [-0.25, -0.2) is 4.79 Å². The number of hydrogen-bond donors (Lipinski definition) is 1. The Hall–Kier alpha value is -3.68. The van der Waals surface area contributed by atoms with Crippen molar-refractivity contribution in [3.63, 3.8) is 0 Å². The summed E-state index contributed by atoms with van der Waals surface area (Å²) in [7, 11) is 2.95. The molecule has 1 heterocycles. The highest BCUT2D eigenvalue weighted by Crippen LogP contribution is 2.50. The van der Waals surface area contributed by atoms with E-state index in [-0.39, 0.29) is 24.7 Å². The molecular formula is C24H26O8. The minimum absolute atomic E-state index is 0.0208. The fraction of sp³-hybridized carbons (Fsp3) is 0.333. The highest BCUT2D eigenvalue weighted by atomic mass is 16.5. The zero-order valence-corrected chi connectivity index (χ0v) is 18.4. The van der Waals surface area contributed by atoms with Crippen molar-refractivity contribution in [2.75, 3.05) is 27.4 Å². The van der Waals surface area contributed by atoms with Crippen molar-refractivity contribution in [1.29, 1.82) is 0 Å². The first-order valence-electron chi connectivity index (χ1n) is 10.2. The molecule has 0 spiro atoms. The summed E-state index contributed by atoms with van der Waals surface area (Å²) in [6.45, 7) is 3.93. The number of hydrogen-bond acceptors (Lipinski definition) is 8. The molecular weight excluding hydrogens is 416 g/mol. The molecule has 0 amide bonds. The van der Waals surface area contributed by atoms with Crippen LogP contribution >= 0.6 is 0 Å². The van der Waals surface area contributed by atoms with Gasteiger partial charge in [0.1, 0.15) is 23.5 Å². The number of ether oxygens (including phenoxy) is 5. The van der Waals surface area contributed by atoms with E-state index in [1.807, 2.05) is 0 Å². The zero-order chi connectivity index (χ0) is 23.3. The Morgan fingerprint density at radius 3 is 2.41 bits per heavy atom. The van der Waals surface area contributed by atoms with Gasteiger partial charge in [0.25, 0.3) is 0 Å². The van der Waals surface area contributed by atoms with Gasteiger partial charge >= 0.3 is 11.9 Å². The van der Waals surface area contributed by atoms with E-state index in [0.29, 0.717) is 28.2 Å². The third-order valence-electron chi connectivity index (χ3n) is 5.01. The van der Waals surface area contributed by atoms with Crippen molar-refractivity contribution in [1.82, 2.24) is 0 Å². The maximum atomic E-state index is 12.9. The predicted octanol–water partition coefficient (Wildman–Crippen LogP) is 3.77. The zero-order valence-electron chi connectivity index (χ0n) is 18.4. The quantitative estimate of drug-likeness (QED) is 0.487. The topological polar surface area (TPSA) is 101 Å². The van der Waals surface area contributed by atoms with Crippen LogP contribution < -0.4 is 14.2 Å². The second kappa shape index (κ2) is 10.1. The normalized spacial score (nSPS) is 16.9. The molecule has 8 nitrogen and oxygen atoms in total. The molecule has 0 saturated heterocycles. The van der Waals surface area contributed by atoms with Crippen LogP contribution in [0.4, 0.5) is 0 Å². The van der Waals surface area contributed by atoms with Crippen molar-refractivity contribution in [2.24, 2.45) is 0 Å². The summed E-state index contributed by atoms with van der Waals surface area (Å²) >= 11 is 0. The van der Waals surface area contributed by atoms with E-state index < -0.39 is 24.0 Å². The average molecular weight is 442 g/mol. The highest BCUT2D eigenvalue weighted by Gasteiger charge is 2.42. The molecule has 2 unspecified atom stereocenters. The molecule has 3 rings (SSSR count). The van der Waals surface area contributed by atoms with Crippen LogP contribution in [-0.4, -0.2) is 44.5 Å². The van der Waals surface area contributed by atoms with E-state index >= 15 is 0 Å². The first-order valence-corrected chi connectivity index (χ1v) is 10.2. The van der Waals surface area contributed by atoms with Gasteiger partial charge in [0, 0.05) is 23.3 Å². The molecule has 1 aliphatic heterocycles. The van der Waals surface area contributed by atoms with E-state index in [1.165, 1.54) is 26.4 Å². The molecule has 0 bridgehead atoms. The lowest BCUT2D eigenvalue weighted by Crippen LogP contribution is -2.21. The van der Waals surface area contributed by atoms with Gasteiger partial charge in [-0.15, -0.1) is 0 Å². The lowest BCUT2D eigenvalue weighted by molar-refractivity contribution is -0.146. The molecule has 2 aromatic carbocycles. The number of fused-ring (bicyclic) bond motifs is 1. The van der Waals surface area contributed by atoms with Crippen molar-refractivity contribution >= 4 is 18.0 Å². The van der Waals surface area contributed by atoms with Crippen LogP contribution in [0.2, 0.25) is 0 Å². The van der Waals surface area contributed by atoms with Crippen LogP contribution in [0.25, 0.3) is 6.08 Å². The molecule has 32 heavy (non-hydrogen) atoms. The molecule has 2 aromatic rings. The van der Waals surface area contributed by atoms with Crippen LogP contribution in [0, 0.1) is 0 Å². The second-order valence-corrected chi connectivity index (χ2v) is 6.92. The first-order chi connectivity index (χ1) is 15.4. The molecule has 0 saturated carbocycles. The Bertz CT molecular complexity index is 1030. The van der Waals surface area contributed by atoms with Gasteiger partial charge in [0.05, 0.1) is 27.4 Å². The number of aromatic hydroxyl groups is 1. The number of methoxy groups -OCH3 is 2. The van der Waals surface area contributed by atoms with Gasteiger partial charge in [-0.2, -0.15) is 0 Å². The Labute approximate surface area is 186 Å². The lowest BCUT2D eigenvalue weighted by Gasteiger charge is -2.19. The van der Waals surface area contributed by atoms with Crippen LogP contribution in [0.15, 0.2) is 36.4 Å². The third kappa shape index (κ3) is 4.64. The molecule has 0 aromatic heterocycles. The number of esters is 2. The summed E-state index contributed by atoms with van der Waals surface area (Å²) < 4.78 is 27.0. The highest BCUT2D eigenvalue weighted by molar-refractivity contribution is 5.88. The molecule has 2 atom stereocenters. The number of rotatable bonds is 8. The number of carbonyl (C=O) groups is 2. The summed E-state index contributed by atoms with van der Waals surface area (Å²) in [5.74, 6) is -0.523. The summed E-state index contributed by atoms with van der Waals surface area (Å²) in [4.78, 5) is 24.7. The monoisotopic (exact) mass is 442 g/mol. The van der Waals surface area contributed by atoms with Crippen molar-refractivity contribution in [2.45, 2.75) is 25.9 Å². The van der Waals surface area contributed by atoms with Gasteiger partial charge in [0.2, 0.25) is 0 Å². The fourth-order valence-electron chi connectivity index (χ4n) is 3.58. The standard InChI is InChI=1S/C24H26O8/c1-5-30-21(26)10-8-14-11-16-19(13-18(14)28-3)32-23(22(16)24(27)31-6-2)15-7-9-17(25)20(12-15)29-4/h7-13,22-23,25H,5-6H2,1-4H3/b10-8+. The largest absolute Gasteiger partial charge is 0.504 e. The number of benzene rings is 2. The third-order valence-corrected chi connectivity index (χ3v) is 5.01. The van der Waals surface area contributed by atoms with E-state index in [2.05, 4.69) is 0 Å². The van der Waals surface area contributed by atoms with Crippen LogP contribution in [0.5, 0.6) is 23.0 Å². The Morgan fingerprint density at radius 1 is 1.03 bits per heavy atom. The van der Waals surface area contributed by atoms with E-state index in [1.54, 1.807) is 44.2 Å². The first kappa shape index (κ1) is 23.0. The fourth-order valence-corrected chi connectivity index (χ4v) is 3.58. The number of phenols is 1. The Kier molecular flexibility index (Phi) is 7.25. The predicted molar refractivity (Wildman–Crippen MR) is 116 cm³/mol. The summed E-state index contributed by atoms with van der Waals surface area (Å²) in [6.07, 6.45) is 2.16. The minimum Gasteiger partial charge on any atom is -0.504 e. The number of carbonyl (C=O) groups excluding carboxylic acids is 2. The van der Waals surface area contributed by atoms with Gasteiger partial charge in [-0.1, -0.05) is 6.07 Å². The minimum atomic E-state index is -0.764. The molecule has 0 radical (unpaired) electrons. The van der Waals surface area contributed by atoms with Gasteiger partial charge in [-0.05, 0) is 43.7 Å². The average Bonchev–Trinajstić information content (AvgIpc) is 3.16. The van der Waals surface area contributed by atoms with Gasteiger partial charge < -0.3 is 28.8 Å². The summed E-state index contributed by atoms with van der Waals surface area (Å²) in [6, 6.07) is 8.18. The molecule has 1 aliphatic rings. The van der Waals surface area contributed by atoms with Crippen molar-refractivity contribution < 1.29 is 38.4 Å². The van der Waals surface area contributed by atoms with E-state index in [9.17, 15) is 14.7 Å². The van der Waals surface area contributed by atoms with Crippen molar-refractivity contribution in [3.8, 4) is 23.0 Å². The van der Waals surface area contributed by atoms with E-state index in [0.717, 1.165) is 0 Å². The SMILES string of the molecule is CCOC(=O)/C=C/c1cc2c(cc1OC)OC(c1ccc(O)c(OC)c1)C2C(=O)OCC. The van der Waals surface area contributed by atoms with Gasteiger partial charge in [-0.3, -0.25) is 4.79 Å². The maximum Gasteiger partial charge on any atom is 0.330 e. The molecule has 0 fully saturated rings. The molecule has 0 aliphatic carbocycles. The second-order valence-electron chi connectivity index (χ2n) is 6.92. The Balaban J connectivity index is 2.07. The van der Waals surface area contributed by atoms with Crippen molar-refractivity contribution in [3.05, 3.63) is 53.1 Å². The molecule has 8 heteroatoms. The van der Waals surface area contributed by atoms with Crippen LogP contribution in [0.1, 0.15) is 42.6 Å².